The van der Waals surface area contributed by atoms with Gasteiger partial charge in [-0.15, -0.1) is 11.3 Å². The van der Waals surface area contributed by atoms with E-state index < -0.39 is 11.9 Å². The molecule has 3 amide bonds. The molecule has 8 nitrogen and oxygen atoms in total. The number of rotatable bonds is 10. The minimum Gasteiger partial charge on any atom is -0.492 e. The van der Waals surface area contributed by atoms with Gasteiger partial charge in [-0.2, -0.15) is 0 Å². The van der Waals surface area contributed by atoms with Crippen molar-refractivity contribution in [2.75, 3.05) is 18.1 Å². The molecule has 1 saturated carbocycles. The third kappa shape index (κ3) is 5.92. The van der Waals surface area contributed by atoms with Gasteiger partial charge in [0.1, 0.15) is 11.5 Å². The maximum absolute atomic E-state index is 13.7. The van der Waals surface area contributed by atoms with E-state index >= 15 is 0 Å². The first-order chi connectivity index (χ1) is 17.1. The van der Waals surface area contributed by atoms with Gasteiger partial charge in [0.15, 0.2) is 6.04 Å². The van der Waals surface area contributed by atoms with E-state index in [9.17, 15) is 14.4 Å². The van der Waals surface area contributed by atoms with Crippen molar-refractivity contribution in [1.82, 2.24) is 10.6 Å². The van der Waals surface area contributed by atoms with Crippen LogP contribution in [0.25, 0.3) is 0 Å². The number of amides is 3. The van der Waals surface area contributed by atoms with Gasteiger partial charge in [0.25, 0.3) is 11.8 Å². The molecule has 1 fully saturated rings. The average Bonchev–Trinajstić information content (AvgIpc) is 3.65. The number of nitrogens with one attached hydrogen (secondary N) is 2. The molecule has 1 aliphatic rings. The van der Waals surface area contributed by atoms with Gasteiger partial charge in [0.2, 0.25) is 5.91 Å². The van der Waals surface area contributed by atoms with Crippen molar-refractivity contribution >= 4 is 34.7 Å². The molecule has 1 aliphatic carbocycles. The first kappa shape index (κ1) is 24.5. The summed E-state index contributed by atoms with van der Waals surface area (Å²) >= 11 is 1.29. The summed E-state index contributed by atoms with van der Waals surface area (Å²) in [5, 5.41) is 7.56. The van der Waals surface area contributed by atoms with Crippen molar-refractivity contribution in [1.29, 1.82) is 0 Å². The third-order valence-electron chi connectivity index (χ3n) is 5.86. The number of carbonyl (C=O) groups is 3. The second kappa shape index (κ2) is 11.7. The quantitative estimate of drug-likeness (QED) is 0.437. The lowest BCUT2D eigenvalue weighted by atomic mass is 10.1. The topological polar surface area (TPSA) is 101 Å². The van der Waals surface area contributed by atoms with Crippen LogP contribution < -0.4 is 20.3 Å². The fourth-order valence-corrected chi connectivity index (χ4v) is 4.90. The molecule has 2 N–H and O–H groups in total. The van der Waals surface area contributed by atoms with E-state index in [0.29, 0.717) is 28.7 Å². The van der Waals surface area contributed by atoms with Gasteiger partial charge in [-0.3, -0.25) is 19.3 Å². The molecule has 4 rings (SSSR count). The van der Waals surface area contributed by atoms with Gasteiger partial charge in [-0.1, -0.05) is 31.0 Å². The molecular weight excluding hydrogens is 466 g/mol. The summed E-state index contributed by atoms with van der Waals surface area (Å²) in [6.07, 6.45) is 5.39. The van der Waals surface area contributed by atoms with Gasteiger partial charge in [-0.25, -0.2) is 0 Å². The molecule has 2 heterocycles. The molecule has 0 bridgehead atoms. The molecule has 0 saturated heterocycles. The predicted octanol–water partition coefficient (Wildman–Crippen LogP) is 4.30. The number of anilines is 1. The van der Waals surface area contributed by atoms with Gasteiger partial charge in [0, 0.05) is 6.04 Å². The number of ether oxygens (including phenoxy) is 1. The molecule has 3 aromatic rings. The lowest BCUT2D eigenvalue weighted by Gasteiger charge is -2.32. The van der Waals surface area contributed by atoms with E-state index in [2.05, 4.69) is 10.6 Å². The molecule has 0 radical (unpaired) electrons. The lowest BCUT2D eigenvalue weighted by Crippen LogP contribution is -2.49. The van der Waals surface area contributed by atoms with Crippen molar-refractivity contribution < 1.29 is 23.5 Å². The number of benzene rings is 1. The first-order valence-electron chi connectivity index (χ1n) is 11.8. The molecule has 35 heavy (non-hydrogen) atoms. The Labute approximate surface area is 208 Å². The number of hydrogen-bond donors (Lipinski definition) is 2. The Bertz CT molecular complexity index is 1120. The van der Waals surface area contributed by atoms with Crippen molar-refractivity contribution in [2.24, 2.45) is 0 Å². The SMILES string of the molecule is CCOc1ccccc1N(C(=O)CNC(=O)c1cccs1)C(C(=O)NC1CCCC1)c1ccco1. The Morgan fingerprint density at radius 3 is 2.60 bits per heavy atom. The zero-order valence-electron chi connectivity index (χ0n) is 19.6. The molecule has 0 aliphatic heterocycles. The second-order valence-corrected chi connectivity index (χ2v) is 9.18. The van der Waals surface area contributed by atoms with Crippen LogP contribution in [0.4, 0.5) is 5.69 Å². The summed E-state index contributed by atoms with van der Waals surface area (Å²) < 4.78 is 11.4. The van der Waals surface area contributed by atoms with Crippen LogP contribution in [0.3, 0.4) is 0 Å². The summed E-state index contributed by atoms with van der Waals surface area (Å²) in [6, 6.07) is 12.8. The fraction of sp³-hybridized carbons (Fsp3) is 0.346. The molecule has 1 atom stereocenters. The number of thiophene rings is 1. The highest BCUT2D eigenvalue weighted by molar-refractivity contribution is 7.12. The molecule has 184 valence electrons. The van der Waals surface area contributed by atoms with Gasteiger partial charge < -0.3 is 19.8 Å². The number of carbonyl (C=O) groups excluding carboxylic acids is 3. The van der Waals surface area contributed by atoms with E-state index in [1.54, 1.807) is 53.9 Å². The largest absolute Gasteiger partial charge is 0.492 e. The molecule has 1 aromatic carbocycles. The molecule has 9 heteroatoms. The van der Waals surface area contributed by atoms with E-state index in [0.717, 1.165) is 25.7 Å². The molecule has 2 aromatic heterocycles. The molecule has 0 spiro atoms. The fourth-order valence-electron chi connectivity index (χ4n) is 4.26. The minimum atomic E-state index is -1.07. The highest BCUT2D eigenvalue weighted by atomic mass is 32.1. The van der Waals surface area contributed by atoms with Crippen molar-refractivity contribution in [3.63, 3.8) is 0 Å². The maximum atomic E-state index is 13.7. The van der Waals surface area contributed by atoms with Crippen LogP contribution in [0, 0.1) is 0 Å². The van der Waals surface area contributed by atoms with Crippen LogP contribution in [0.1, 0.15) is 54.1 Å². The summed E-state index contributed by atoms with van der Waals surface area (Å²) in [4.78, 5) is 41.7. The Morgan fingerprint density at radius 1 is 1.11 bits per heavy atom. The smallest absolute Gasteiger partial charge is 0.261 e. The zero-order chi connectivity index (χ0) is 24.6. The first-order valence-corrected chi connectivity index (χ1v) is 12.7. The Morgan fingerprint density at radius 2 is 1.91 bits per heavy atom. The summed E-state index contributed by atoms with van der Waals surface area (Å²) in [5.74, 6) is -0.375. The van der Waals surface area contributed by atoms with Crippen molar-refractivity contribution in [3.8, 4) is 5.75 Å². The van der Waals surface area contributed by atoms with Crippen LogP contribution in [-0.4, -0.2) is 36.9 Å². The summed E-state index contributed by atoms with van der Waals surface area (Å²) in [5.41, 5.74) is 0.424. The monoisotopic (exact) mass is 495 g/mol. The van der Waals surface area contributed by atoms with E-state index in [1.165, 1.54) is 22.5 Å². The van der Waals surface area contributed by atoms with Crippen molar-refractivity contribution in [2.45, 2.75) is 44.7 Å². The Hall–Kier alpha value is -3.59. The van der Waals surface area contributed by atoms with Gasteiger partial charge >= 0.3 is 0 Å². The van der Waals surface area contributed by atoms with Crippen LogP contribution in [0.15, 0.2) is 64.6 Å². The highest BCUT2D eigenvalue weighted by Gasteiger charge is 2.37. The van der Waals surface area contributed by atoms with Gasteiger partial charge in [-0.05, 0) is 55.5 Å². The second-order valence-electron chi connectivity index (χ2n) is 8.23. The average molecular weight is 496 g/mol. The van der Waals surface area contributed by atoms with Crippen LogP contribution in [0.5, 0.6) is 5.75 Å². The standard InChI is InChI=1S/C26H29N3O5S/c1-2-33-20-12-6-5-11-19(20)29(23(30)17-27-25(31)22-14-8-16-35-22)24(21-13-7-15-34-21)26(32)28-18-9-3-4-10-18/h5-8,11-16,18,24H,2-4,9-10,17H2,1H3,(H,27,31)(H,28,32). The van der Waals surface area contributed by atoms with Crippen LogP contribution in [-0.2, 0) is 9.59 Å². The maximum Gasteiger partial charge on any atom is 0.261 e. The third-order valence-corrected chi connectivity index (χ3v) is 6.73. The predicted molar refractivity (Wildman–Crippen MR) is 134 cm³/mol. The number of hydrogen-bond acceptors (Lipinski definition) is 6. The molecule has 1 unspecified atom stereocenters. The number of nitrogens with zero attached hydrogens (tertiary/aromatic N) is 1. The Balaban J connectivity index is 1.68. The lowest BCUT2D eigenvalue weighted by molar-refractivity contribution is -0.127. The number of furan rings is 1. The summed E-state index contributed by atoms with van der Waals surface area (Å²) in [6.45, 7) is 1.93. The summed E-state index contributed by atoms with van der Waals surface area (Å²) in [7, 11) is 0. The highest BCUT2D eigenvalue weighted by Crippen LogP contribution is 2.35. The van der Waals surface area contributed by atoms with Crippen LogP contribution >= 0.6 is 11.3 Å². The number of para-hydroxylation sites is 2. The van der Waals surface area contributed by atoms with E-state index in [4.69, 9.17) is 9.15 Å². The Kier molecular flexibility index (Phi) is 8.20. The van der Waals surface area contributed by atoms with Gasteiger partial charge in [0.05, 0.1) is 30.0 Å². The molecular formula is C26H29N3O5S. The van der Waals surface area contributed by atoms with E-state index in [1.807, 2.05) is 6.92 Å². The van der Waals surface area contributed by atoms with Crippen molar-refractivity contribution in [3.05, 3.63) is 70.8 Å². The minimum absolute atomic E-state index is 0.0533. The van der Waals surface area contributed by atoms with Crippen LogP contribution in [0.2, 0.25) is 0 Å². The zero-order valence-corrected chi connectivity index (χ0v) is 20.4. The van der Waals surface area contributed by atoms with E-state index in [-0.39, 0.29) is 24.4 Å². The normalized spacial score (nSPS) is 14.3.